The third-order valence-corrected chi connectivity index (χ3v) is 8.43. The number of aliphatic hydroxyl groups excluding tert-OH is 1. The van der Waals surface area contributed by atoms with E-state index in [0.29, 0.717) is 33.1 Å². The van der Waals surface area contributed by atoms with Gasteiger partial charge in [0.2, 0.25) is 11.8 Å². The highest BCUT2D eigenvalue weighted by Crippen LogP contribution is 2.59. The summed E-state index contributed by atoms with van der Waals surface area (Å²) in [6.07, 6.45) is -0.00342. The lowest BCUT2D eigenvalue weighted by Crippen LogP contribution is -2.57. The minimum Gasteiger partial charge on any atom is -0.493 e. The van der Waals surface area contributed by atoms with Crippen molar-refractivity contribution in [3.63, 3.8) is 0 Å². The molecule has 2 amide bonds. The Bertz CT molecular complexity index is 1480. The highest BCUT2D eigenvalue weighted by atomic mass is 79.9. The number of rotatable bonds is 6. The molecule has 6 nitrogen and oxygen atoms in total. The summed E-state index contributed by atoms with van der Waals surface area (Å²) in [4.78, 5) is 27.6. The van der Waals surface area contributed by atoms with E-state index >= 15 is 0 Å². The van der Waals surface area contributed by atoms with Crippen molar-refractivity contribution < 1.29 is 23.8 Å². The molecule has 3 aromatic carbocycles. The van der Waals surface area contributed by atoms with Gasteiger partial charge in [-0.25, -0.2) is 4.39 Å². The van der Waals surface area contributed by atoms with Gasteiger partial charge in [-0.1, -0.05) is 53.5 Å². The Hall–Kier alpha value is -2.94. The maximum Gasteiger partial charge on any atom is 0.238 e. The van der Waals surface area contributed by atoms with Crippen LogP contribution in [0.3, 0.4) is 0 Å². The van der Waals surface area contributed by atoms with Gasteiger partial charge in [-0.05, 0) is 66.1 Å². The molecule has 2 heterocycles. The number of nitrogens with one attached hydrogen (secondary N) is 2. The van der Waals surface area contributed by atoms with Gasteiger partial charge in [0.1, 0.15) is 17.0 Å². The van der Waals surface area contributed by atoms with Crippen LogP contribution >= 0.6 is 27.5 Å². The van der Waals surface area contributed by atoms with Gasteiger partial charge in [-0.3, -0.25) is 9.59 Å². The van der Waals surface area contributed by atoms with Gasteiger partial charge in [0, 0.05) is 38.5 Å². The lowest BCUT2D eigenvalue weighted by atomic mass is 9.59. The highest BCUT2D eigenvalue weighted by molar-refractivity contribution is 9.10. The predicted molar refractivity (Wildman–Crippen MR) is 152 cm³/mol. The van der Waals surface area contributed by atoms with Gasteiger partial charge in [0.25, 0.3) is 0 Å². The second-order valence-corrected chi connectivity index (χ2v) is 12.4. The monoisotopic (exact) mass is 614 g/mol. The van der Waals surface area contributed by atoms with E-state index in [2.05, 4.69) is 26.6 Å². The lowest BCUT2D eigenvalue weighted by molar-refractivity contribution is -0.131. The largest absolute Gasteiger partial charge is 0.493 e. The second-order valence-electron chi connectivity index (χ2n) is 11.1. The summed E-state index contributed by atoms with van der Waals surface area (Å²) in [7, 11) is 0. The number of fused-ring (bicyclic) bond motifs is 2. The highest BCUT2D eigenvalue weighted by Gasteiger charge is 2.61. The quantitative estimate of drug-likeness (QED) is 0.309. The number of ether oxygens (including phenoxy) is 1. The van der Waals surface area contributed by atoms with Crippen molar-refractivity contribution >= 4 is 45.0 Å². The third kappa shape index (κ3) is 4.83. The van der Waals surface area contributed by atoms with Crippen molar-refractivity contribution in [2.24, 2.45) is 5.41 Å². The Morgan fingerprint density at radius 2 is 1.90 bits per heavy atom. The van der Waals surface area contributed by atoms with Gasteiger partial charge in [0.05, 0.1) is 19.3 Å². The topological polar surface area (TPSA) is 87.7 Å². The molecule has 3 aromatic rings. The van der Waals surface area contributed by atoms with Crippen LogP contribution in [-0.2, 0) is 15.0 Å². The molecular formula is C30H29BrClFN2O4. The average Bonchev–Trinajstić information content (AvgIpc) is 3.17. The van der Waals surface area contributed by atoms with Gasteiger partial charge in [0.15, 0.2) is 0 Å². The normalized spacial score (nSPS) is 22.4. The van der Waals surface area contributed by atoms with Gasteiger partial charge >= 0.3 is 0 Å². The number of anilines is 1. The van der Waals surface area contributed by atoms with E-state index in [-0.39, 0.29) is 31.4 Å². The van der Waals surface area contributed by atoms with E-state index in [4.69, 9.17) is 16.3 Å². The molecule has 9 heteroatoms. The van der Waals surface area contributed by atoms with Gasteiger partial charge < -0.3 is 20.5 Å². The van der Waals surface area contributed by atoms with E-state index < -0.39 is 28.6 Å². The fraction of sp³-hybridized carbons (Fsp3) is 0.333. The first kappa shape index (κ1) is 27.6. The first-order valence-electron chi connectivity index (χ1n) is 12.7. The number of benzene rings is 3. The Morgan fingerprint density at radius 3 is 2.64 bits per heavy atom. The fourth-order valence-corrected chi connectivity index (χ4v) is 6.24. The molecule has 0 bridgehead atoms. The van der Waals surface area contributed by atoms with Crippen LogP contribution in [0.1, 0.15) is 54.5 Å². The molecule has 1 saturated heterocycles. The van der Waals surface area contributed by atoms with Crippen LogP contribution in [-0.4, -0.2) is 30.1 Å². The molecule has 1 fully saturated rings. The minimum atomic E-state index is -1.34. The summed E-state index contributed by atoms with van der Waals surface area (Å²) in [6.45, 7) is 5.74. The lowest BCUT2D eigenvalue weighted by Gasteiger charge is -2.47. The number of carbonyl (C=O) groups is 2. The summed E-state index contributed by atoms with van der Waals surface area (Å²) >= 11 is 9.85. The summed E-state index contributed by atoms with van der Waals surface area (Å²) in [5, 5.41) is 16.3. The number of aliphatic hydroxyl groups is 1. The number of piperidine rings is 1. The Morgan fingerprint density at radius 1 is 1.13 bits per heavy atom. The van der Waals surface area contributed by atoms with Crippen molar-refractivity contribution in [1.29, 1.82) is 0 Å². The summed E-state index contributed by atoms with van der Waals surface area (Å²) in [6, 6.07) is 14.2. The molecule has 204 valence electrons. The number of amides is 2. The smallest absolute Gasteiger partial charge is 0.238 e. The SMILES string of the molecule is Cc1ccc(F)cc1[C@@H]1NC(=O)C[C@H](c2cc(Br)ccc2OCC(C)(C)CO)[C@@]12C(=O)Nc1cc(Cl)ccc12. The number of carbonyl (C=O) groups excluding carboxylic acids is 2. The van der Waals surface area contributed by atoms with Crippen molar-refractivity contribution in [1.82, 2.24) is 5.32 Å². The summed E-state index contributed by atoms with van der Waals surface area (Å²) < 4.78 is 21.6. The average molecular weight is 616 g/mol. The van der Waals surface area contributed by atoms with E-state index in [0.717, 1.165) is 10.0 Å². The van der Waals surface area contributed by atoms with Crippen LogP contribution in [0.15, 0.2) is 59.1 Å². The molecule has 2 aliphatic rings. The molecule has 39 heavy (non-hydrogen) atoms. The van der Waals surface area contributed by atoms with E-state index in [1.807, 2.05) is 32.9 Å². The third-order valence-electron chi connectivity index (χ3n) is 7.70. The second kappa shape index (κ2) is 10.2. The zero-order valence-electron chi connectivity index (χ0n) is 21.8. The van der Waals surface area contributed by atoms with Crippen LogP contribution in [0.25, 0.3) is 0 Å². The maximum atomic E-state index is 14.6. The number of halogens is 3. The van der Waals surface area contributed by atoms with Crippen molar-refractivity contribution in [2.75, 3.05) is 18.5 Å². The predicted octanol–water partition coefficient (Wildman–Crippen LogP) is 6.18. The standard InChI is InChI=1S/C30H29BrClFN2O4/c1-16-4-7-19(33)12-20(16)27-30(22-8-6-18(32)11-24(22)34-28(30)38)23(13-26(37)35-27)21-10-17(31)5-9-25(21)39-15-29(2,3)14-36/h4-12,23,27,36H,13-15H2,1-3H3,(H,34,38)(H,35,37)/t23-,27+,30-/m1/s1. The van der Waals surface area contributed by atoms with Crippen molar-refractivity contribution in [2.45, 2.75) is 44.6 Å². The Labute approximate surface area is 240 Å². The molecule has 3 atom stereocenters. The van der Waals surface area contributed by atoms with Crippen molar-refractivity contribution in [3.05, 3.63) is 92.2 Å². The Kier molecular flexibility index (Phi) is 7.24. The maximum absolute atomic E-state index is 14.6. The molecule has 5 rings (SSSR count). The van der Waals surface area contributed by atoms with E-state index in [1.165, 1.54) is 12.1 Å². The molecule has 3 N–H and O–H groups in total. The molecule has 0 saturated carbocycles. The summed E-state index contributed by atoms with van der Waals surface area (Å²) in [5.41, 5.74) is 1.28. The Balaban J connectivity index is 1.78. The van der Waals surface area contributed by atoms with Gasteiger partial charge in [-0.2, -0.15) is 0 Å². The van der Waals surface area contributed by atoms with Crippen LogP contribution in [0.5, 0.6) is 5.75 Å². The summed E-state index contributed by atoms with van der Waals surface area (Å²) in [5.74, 6) is -1.22. The van der Waals surface area contributed by atoms with Crippen LogP contribution in [0.4, 0.5) is 10.1 Å². The van der Waals surface area contributed by atoms with E-state index in [1.54, 1.807) is 30.3 Å². The molecule has 0 aliphatic carbocycles. The van der Waals surface area contributed by atoms with Crippen LogP contribution in [0, 0.1) is 18.2 Å². The first-order valence-corrected chi connectivity index (χ1v) is 13.8. The molecule has 0 unspecified atom stereocenters. The first-order chi connectivity index (χ1) is 18.5. The molecule has 1 spiro atoms. The minimum absolute atomic E-state index is 0.00342. The van der Waals surface area contributed by atoms with Gasteiger partial charge in [-0.15, -0.1) is 0 Å². The molecule has 2 aliphatic heterocycles. The zero-order valence-corrected chi connectivity index (χ0v) is 24.1. The molecule has 0 radical (unpaired) electrons. The molecule has 0 aromatic heterocycles. The number of hydrogen-bond donors (Lipinski definition) is 3. The van der Waals surface area contributed by atoms with E-state index in [9.17, 15) is 19.1 Å². The fourth-order valence-electron chi connectivity index (χ4n) is 5.68. The van der Waals surface area contributed by atoms with Crippen LogP contribution < -0.4 is 15.4 Å². The molecular weight excluding hydrogens is 587 g/mol. The number of aryl methyl sites for hydroxylation is 1. The number of hydrogen-bond acceptors (Lipinski definition) is 4. The van der Waals surface area contributed by atoms with Crippen molar-refractivity contribution in [3.8, 4) is 5.75 Å². The van der Waals surface area contributed by atoms with Crippen LogP contribution in [0.2, 0.25) is 5.02 Å². The zero-order chi connectivity index (χ0) is 28.1.